The Balaban J connectivity index is 2.28. The molecule has 0 amide bonds. The van der Waals surface area contributed by atoms with E-state index in [9.17, 15) is 8.42 Å². The first-order valence-corrected chi connectivity index (χ1v) is 8.67. The monoisotopic (exact) mass is 335 g/mol. The van der Waals surface area contributed by atoms with Gasteiger partial charge in [-0.05, 0) is 12.8 Å². The van der Waals surface area contributed by atoms with E-state index in [1.807, 2.05) is 0 Å². The zero-order chi connectivity index (χ0) is 13.2. The van der Waals surface area contributed by atoms with Gasteiger partial charge in [0.05, 0.1) is 6.33 Å². The van der Waals surface area contributed by atoms with Crippen LogP contribution in [0.2, 0.25) is 0 Å². The molecule has 1 aromatic heterocycles. The number of alkyl halides is 1. The molecule has 0 N–H and O–H groups in total. The molecular weight excluding hydrogens is 318 g/mol. The van der Waals surface area contributed by atoms with Crippen molar-refractivity contribution in [3.63, 3.8) is 0 Å². The first-order valence-electron chi connectivity index (χ1n) is 6.11. The Labute approximate surface area is 116 Å². The number of rotatable bonds is 5. The number of aryl methyl sites for hydroxylation is 1. The van der Waals surface area contributed by atoms with E-state index < -0.39 is 10.0 Å². The van der Waals surface area contributed by atoms with Gasteiger partial charge in [0.15, 0.2) is 5.03 Å². The molecule has 102 valence electrons. The van der Waals surface area contributed by atoms with Crippen LogP contribution < -0.4 is 0 Å². The molecule has 1 aromatic rings. The minimum absolute atomic E-state index is 0.134. The van der Waals surface area contributed by atoms with Gasteiger partial charge in [-0.25, -0.2) is 13.4 Å². The van der Waals surface area contributed by atoms with Crippen molar-refractivity contribution in [2.24, 2.45) is 7.05 Å². The highest BCUT2D eigenvalue weighted by Gasteiger charge is 2.33. The van der Waals surface area contributed by atoms with Crippen molar-refractivity contribution in [2.75, 3.05) is 11.9 Å². The molecule has 1 aliphatic rings. The molecule has 0 aromatic carbocycles. The average Bonchev–Trinajstić information content (AvgIpc) is 2.96. The zero-order valence-electron chi connectivity index (χ0n) is 10.4. The van der Waals surface area contributed by atoms with Gasteiger partial charge in [-0.15, -0.1) is 0 Å². The van der Waals surface area contributed by atoms with E-state index in [2.05, 4.69) is 20.9 Å². The predicted octanol–water partition coefficient (Wildman–Crippen LogP) is 1.75. The van der Waals surface area contributed by atoms with Crippen LogP contribution in [-0.4, -0.2) is 40.2 Å². The molecular formula is C11H18BrN3O2S. The molecule has 0 bridgehead atoms. The Morgan fingerprint density at radius 3 is 2.67 bits per heavy atom. The van der Waals surface area contributed by atoms with Crippen molar-refractivity contribution >= 4 is 26.0 Å². The summed E-state index contributed by atoms with van der Waals surface area (Å²) in [6.07, 6.45) is 7.22. The molecule has 0 spiro atoms. The standard InChI is InChI=1S/C11H18BrN3O2S/c1-14-8-11(13-9-14)18(16,17)15(7-6-12)10-4-2-3-5-10/h8-10H,2-7H2,1H3. The smallest absolute Gasteiger partial charge is 0.262 e. The normalized spacial score (nSPS) is 17.7. The number of sulfonamides is 1. The maximum Gasteiger partial charge on any atom is 0.262 e. The predicted molar refractivity (Wildman–Crippen MR) is 73.1 cm³/mol. The molecule has 18 heavy (non-hydrogen) atoms. The van der Waals surface area contributed by atoms with Crippen LogP contribution >= 0.6 is 15.9 Å². The lowest BCUT2D eigenvalue weighted by molar-refractivity contribution is 0.337. The molecule has 1 heterocycles. The number of halogens is 1. The Hall–Kier alpha value is -0.400. The molecule has 2 rings (SSSR count). The van der Waals surface area contributed by atoms with Crippen LogP contribution in [0.1, 0.15) is 25.7 Å². The van der Waals surface area contributed by atoms with Crippen LogP contribution in [0.5, 0.6) is 0 Å². The molecule has 1 aliphatic carbocycles. The largest absolute Gasteiger partial charge is 0.339 e. The van der Waals surface area contributed by atoms with Gasteiger partial charge in [0.2, 0.25) is 0 Å². The van der Waals surface area contributed by atoms with Crippen molar-refractivity contribution < 1.29 is 8.42 Å². The number of hydrogen-bond acceptors (Lipinski definition) is 3. The third-order valence-corrected chi connectivity index (χ3v) is 5.48. The Morgan fingerprint density at radius 2 is 2.17 bits per heavy atom. The van der Waals surface area contributed by atoms with Crippen molar-refractivity contribution in [1.29, 1.82) is 0 Å². The van der Waals surface area contributed by atoms with Gasteiger partial charge >= 0.3 is 0 Å². The van der Waals surface area contributed by atoms with Crippen LogP contribution in [0.3, 0.4) is 0 Å². The summed E-state index contributed by atoms with van der Waals surface area (Å²) in [6.45, 7) is 0.504. The molecule has 5 nitrogen and oxygen atoms in total. The fourth-order valence-electron chi connectivity index (χ4n) is 2.42. The second-order valence-electron chi connectivity index (χ2n) is 4.62. The van der Waals surface area contributed by atoms with Crippen LogP contribution in [0.15, 0.2) is 17.6 Å². The molecule has 0 atom stereocenters. The topological polar surface area (TPSA) is 55.2 Å². The molecule has 1 fully saturated rings. The van der Waals surface area contributed by atoms with E-state index >= 15 is 0 Å². The van der Waals surface area contributed by atoms with Crippen LogP contribution in [0, 0.1) is 0 Å². The van der Waals surface area contributed by atoms with Gasteiger partial charge < -0.3 is 4.57 Å². The summed E-state index contributed by atoms with van der Waals surface area (Å²) in [5, 5.41) is 0.799. The summed E-state index contributed by atoms with van der Waals surface area (Å²) in [5.74, 6) is 0. The van der Waals surface area contributed by atoms with Gasteiger partial charge in [0.1, 0.15) is 0 Å². The second-order valence-corrected chi connectivity index (χ2v) is 7.25. The maximum atomic E-state index is 12.6. The highest BCUT2D eigenvalue weighted by atomic mass is 79.9. The van der Waals surface area contributed by atoms with Gasteiger partial charge in [-0.2, -0.15) is 4.31 Å². The molecule has 0 unspecified atom stereocenters. The molecule has 7 heteroatoms. The van der Waals surface area contributed by atoms with Crippen molar-refractivity contribution in [3.8, 4) is 0 Å². The van der Waals surface area contributed by atoms with Crippen molar-refractivity contribution in [3.05, 3.63) is 12.5 Å². The number of imidazole rings is 1. The summed E-state index contributed by atoms with van der Waals surface area (Å²) in [4.78, 5) is 3.98. The van der Waals surface area contributed by atoms with E-state index in [-0.39, 0.29) is 11.1 Å². The van der Waals surface area contributed by atoms with E-state index in [1.54, 1.807) is 22.1 Å². The summed E-state index contributed by atoms with van der Waals surface area (Å²) in [6, 6.07) is 0.134. The maximum absolute atomic E-state index is 12.6. The van der Waals surface area contributed by atoms with Crippen LogP contribution in [0.4, 0.5) is 0 Å². The van der Waals surface area contributed by atoms with Gasteiger partial charge in [0, 0.05) is 31.2 Å². The highest BCUT2D eigenvalue weighted by molar-refractivity contribution is 9.09. The third kappa shape index (κ3) is 2.78. The average molecular weight is 336 g/mol. The second kappa shape index (κ2) is 5.71. The number of aromatic nitrogens is 2. The number of nitrogens with zero attached hydrogens (tertiary/aromatic N) is 3. The lowest BCUT2D eigenvalue weighted by Gasteiger charge is -2.26. The van der Waals surface area contributed by atoms with E-state index in [0.29, 0.717) is 11.9 Å². The van der Waals surface area contributed by atoms with E-state index in [0.717, 1.165) is 25.7 Å². The Bertz CT molecular complexity index is 494. The van der Waals surface area contributed by atoms with Crippen LogP contribution in [0.25, 0.3) is 0 Å². The lowest BCUT2D eigenvalue weighted by atomic mass is 10.2. The fraction of sp³-hybridized carbons (Fsp3) is 0.727. The zero-order valence-corrected chi connectivity index (χ0v) is 12.8. The molecule has 0 saturated heterocycles. The van der Waals surface area contributed by atoms with Crippen LogP contribution in [-0.2, 0) is 17.1 Å². The first-order chi connectivity index (χ1) is 8.55. The summed E-state index contributed by atoms with van der Waals surface area (Å²) in [5.41, 5.74) is 0. The molecule has 0 radical (unpaired) electrons. The van der Waals surface area contributed by atoms with Crippen molar-refractivity contribution in [2.45, 2.75) is 36.8 Å². The summed E-state index contributed by atoms with van der Waals surface area (Å²) < 4.78 is 28.4. The number of hydrogen-bond donors (Lipinski definition) is 0. The van der Waals surface area contributed by atoms with E-state index in [4.69, 9.17) is 0 Å². The van der Waals surface area contributed by atoms with Crippen molar-refractivity contribution in [1.82, 2.24) is 13.9 Å². The minimum atomic E-state index is -3.45. The van der Waals surface area contributed by atoms with Gasteiger partial charge in [-0.3, -0.25) is 0 Å². The Kier molecular flexibility index (Phi) is 4.45. The third-order valence-electron chi connectivity index (χ3n) is 3.29. The SMILES string of the molecule is Cn1cnc(S(=O)(=O)N(CCBr)C2CCCC2)c1. The summed E-state index contributed by atoms with van der Waals surface area (Å²) >= 11 is 3.34. The molecule has 0 aliphatic heterocycles. The van der Waals surface area contributed by atoms with Gasteiger partial charge in [-0.1, -0.05) is 28.8 Å². The fourth-order valence-corrected chi connectivity index (χ4v) is 4.69. The highest BCUT2D eigenvalue weighted by Crippen LogP contribution is 2.28. The first kappa shape index (κ1) is 14.0. The quantitative estimate of drug-likeness (QED) is 0.770. The van der Waals surface area contributed by atoms with E-state index in [1.165, 1.54) is 6.33 Å². The lowest BCUT2D eigenvalue weighted by Crippen LogP contribution is -2.40. The van der Waals surface area contributed by atoms with Gasteiger partial charge in [0.25, 0.3) is 10.0 Å². The minimum Gasteiger partial charge on any atom is -0.339 e. The molecule has 1 saturated carbocycles. The Morgan fingerprint density at radius 1 is 1.50 bits per heavy atom. The summed E-state index contributed by atoms with van der Waals surface area (Å²) in [7, 11) is -1.68.